The lowest BCUT2D eigenvalue weighted by Gasteiger charge is -2.32. The van der Waals surface area contributed by atoms with Crippen LogP contribution in [-0.4, -0.2) is 35.0 Å². The Hall–Kier alpha value is -1.32. The molecule has 2 fully saturated rings. The van der Waals surface area contributed by atoms with E-state index in [0.717, 1.165) is 19.3 Å². The van der Waals surface area contributed by atoms with Gasteiger partial charge in [-0.1, -0.05) is 6.58 Å². The van der Waals surface area contributed by atoms with Crippen molar-refractivity contribution in [1.82, 2.24) is 4.90 Å². The Morgan fingerprint density at radius 1 is 1.31 bits per heavy atom. The number of aliphatic carboxylic acids is 1. The first-order valence-electron chi connectivity index (χ1n) is 5.66. The van der Waals surface area contributed by atoms with Crippen molar-refractivity contribution in [3.63, 3.8) is 0 Å². The summed E-state index contributed by atoms with van der Waals surface area (Å²) in [6.07, 6.45) is 3.83. The molecule has 1 N–H and O–H groups in total. The van der Waals surface area contributed by atoms with Gasteiger partial charge in [0.15, 0.2) is 0 Å². The number of carboxylic acid groups (broad SMARTS) is 1. The minimum absolute atomic E-state index is 0.0653. The summed E-state index contributed by atoms with van der Waals surface area (Å²) in [5.74, 6) is -0.311. The molecule has 0 radical (unpaired) electrons. The summed E-state index contributed by atoms with van der Waals surface area (Å²) in [5, 5.41) is 9.02. The third kappa shape index (κ3) is 1.62. The summed E-state index contributed by atoms with van der Waals surface area (Å²) in [5.41, 5.74) is 0. The van der Waals surface area contributed by atoms with E-state index in [4.69, 9.17) is 5.11 Å². The topological polar surface area (TPSA) is 57.6 Å². The van der Waals surface area contributed by atoms with Gasteiger partial charge < -0.3 is 10.0 Å². The van der Waals surface area contributed by atoms with Crippen LogP contribution in [0.4, 0.5) is 0 Å². The maximum absolute atomic E-state index is 11.5. The Bertz CT molecular complexity index is 339. The van der Waals surface area contributed by atoms with Crippen LogP contribution in [0.2, 0.25) is 0 Å². The number of carboxylic acids is 1. The Labute approximate surface area is 94.9 Å². The van der Waals surface area contributed by atoms with Gasteiger partial charge in [0.1, 0.15) is 0 Å². The van der Waals surface area contributed by atoms with Crippen molar-refractivity contribution in [3.8, 4) is 0 Å². The summed E-state index contributed by atoms with van der Waals surface area (Å²) in [7, 11) is 1.78. The second-order valence-corrected chi connectivity index (χ2v) is 4.89. The molecule has 2 saturated carbocycles. The normalized spacial score (nSPS) is 36.1. The zero-order chi connectivity index (χ0) is 11.9. The van der Waals surface area contributed by atoms with Crippen LogP contribution in [0.5, 0.6) is 0 Å². The lowest BCUT2D eigenvalue weighted by atomic mass is 9.85. The van der Waals surface area contributed by atoms with Gasteiger partial charge in [0.2, 0.25) is 5.91 Å². The van der Waals surface area contributed by atoms with Gasteiger partial charge in [-0.15, -0.1) is 0 Å². The zero-order valence-corrected chi connectivity index (χ0v) is 9.43. The van der Waals surface area contributed by atoms with Crippen LogP contribution in [0, 0.1) is 17.8 Å². The summed E-state index contributed by atoms with van der Waals surface area (Å²) in [6.45, 7) is 3.47. The molecular formula is C12H17NO3. The molecule has 4 atom stereocenters. The van der Waals surface area contributed by atoms with Crippen LogP contribution in [0.25, 0.3) is 0 Å². The number of hydrogen-bond donors (Lipinski definition) is 1. The SMILES string of the molecule is C=CC(=O)N(C)C1CC2C[C@H]1CC2C(=O)O. The number of rotatable bonds is 3. The predicted molar refractivity (Wildman–Crippen MR) is 58.7 cm³/mol. The molecule has 2 rings (SSSR count). The molecule has 2 aliphatic carbocycles. The average molecular weight is 223 g/mol. The number of hydrogen-bond acceptors (Lipinski definition) is 2. The van der Waals surface area contributed by atoms with E-state index in [-0.39, 0.29) is 23.8 Å². The van der Waals surface area contributed by atoms with E-state index >= 15 is 0 Å². The van der Waals surface area contributed by atoms with Crippen molar-refractivity contribution in [1.29, 1.82) is 0 Å². The fourth-order valence-electron chi connectivity index (χ4n) is 3.33. The molecule has 0 aliphatic heterocycles. The van der Waals surface area contributed by atoms with Crippen molar-refractivity contribution in [3.05, 3.63) is 12.7 Å². The molecule has 0 aromatic carbocycles. The second kappa shape index (κ2) is 3.92. The highest BCUT2D eigenvalue weighted by Crippen LogP contribution is 2.50. The maximum Gasteiger partial charge on any atom is 0.306 e. The fraction of sp³-hybridized carbons (Fsp3) is 0.667. The van der Waals surface area contributed by atoms with E-state index in [2.05, 4.69) is 6.58 Å². The molecule has 0 spiro atoms. The Balaban J connectivity index is 2.03. The lowest BCUT2D eigenvalue weighted by molar-refractivity contribution is -0.143. The van der Waals surface area contributed by atoms with E-state index in [1.807, 2.05) is 0 Å². The quantitative estimate of drug-likeness (QED) is 0.730. The molecule has 1 amide bonds. The van der Waals surface area contributed by atoms with Crippen LogP contribution in [0.3, 0.4) is 0 Å². The molecule has 3 unspecified atom stereocenters. The molecule has 0 saturated heterocycles. The van der Waals surface area contributed by atoms with Gasteiger partial charge in [0, 0.05) is 13.1 Å². The van der Waals surface area contributed by atoms with Crippen molar-refractivity contribution in [2.75, 3.05) is 7.05 Å². The van der Waals surface area contributed by atoms with E-state index in [9.17, 15) is 9.59 Å². The molecule has 88 valence electrons. The van der Waals surface area contributed by atoms with E-state index in [0.29, 0.717) is 5.92 Å². The van der Waals surface area contributed by atoms with E-state index < -0.39 is 5.97 Å². The molecular weight excluding hydrogens is 206 g/mol. The largest absolute Gasteiger partial charge is 0.481 e. The molecule has 2 bridgehead atoms. The number of carbonyl (C=O) groups excluding carboxylic acids is 1. The lowest BCUT2D eigenvalue weighted by Crippen LogP contribution is -2.41. The van der Waals surface area contributed by atoms with Crippen molar-refractivity contribution in [2.24, 2.45) is 17.8 Å². The Morgan fingerprint density at radius 3 is 2.44 bits per heavy atom. The molecule has 0 aromatic rings. The second-order valence-electron chi connectivity index (χ2n) is 4.89. The molecule has 16 heavy (non-hydrogen) atoms. The number of fused-ring (bicyclic) bond motifs is 2. The number of likely N-dealkylation sites (N-methyl/N-ethyl adjacent to an activating group) is 1. The summed E-state index contributed by atoms with van der Waals surface area (Å²) in [4.78, 5) is 24.2. The van der Waals surface area contributed by atoms with Gasteiger partial charge in [-0.05, 0) is 37.2 Å². The van der Waals surface area contributed by atoms with Crippen LogP contribution >= 0.6 is 0 Å². The zero-order valence-electron chi connectivity index (χ0n) is 9.43. The molecule has 4 nitrogen and oxygen atoms in total. The third-order valence-electron chi connectivity index (χ3n) is 4.16. The van der Waals surface area contributed by atoms with Crippen LogP contribution in [0.1, 0.15) is 19.3 Å². The van der Waals surface area contributed by atoms with Gasteiger partial charge in [-0.2, -0.15) is 0 Å². The smallest absolute Gasteiger partial charge is 0.306 e. The van der Waals surface area contributed by atoms with Crippen LogP contribution < -0.4 is 0 Å². The first kappa shape index (κ1) is 11.2. The monoisotopic (exact) mass is 223 g/mol. The highest BCUT2D eigenvalue weighted by molar-refractivity contribution is 5.87. The first-order valence-corrected chi connectivity index (χ1v) is 5.66. The van der Waals surface area contributed by atoms with Crippen molar-refractivity contribution in [2.45, 2.75) is 25.3 Å². The number of amides is 1. The van der Waals surface area contributed by atoms with Gasteiger partial charge in [0.25, 0.3) is 0 Å². The van der Waals surface area contributed by atoms with E-state index in [1.165, 1.54) is 6.08 Å². The molecule has 4 heteroatoms. The molecule has 0 heterocycles. The number of nitrogens with zero attached hydrogens (tertiary/aromatic N) is 1. The highest BCUT2D eigenvalue weighted by atomic mass is 16.4. The van der Waals surface area contributed by atoms with E-state index in [1.54, 1.807) is 11.9 Å². The summed E-state index contributed by atoms with van der Waals surface area (Å²) < 4.78 is 0. The van der Waals surface area contributed by atoms with Gasteiger partial charge in [-0.25, -0.2) is 0 Å². The Kier molecular flexibility index (Phi) is 2.74. The van der Waals surface area contributed by atoms with Gasteiger partial charge in [-0.3, -0.25) is 9.59 Å². The third-order valence-corrected chi connectivity index (χ3v) is 4.16. The highest BCUT2D eigenvalue weighted by Gasteiger charge is 2.50. The van der Waals surface area contributed by atoms with Gasteiger partial charge in [0.05, 0.1) is 5.92 Å². The summed E-state index contributed by atoms with van der Waals surface area (Å²) in [6, 6.07) is 0.214. The number of carbonyl (C=O) groups is 2. The van der Waals surface area contributed by atoms with Crippen molar-refractivity contribution < 1.29 is 14.7 Å². The molecule has 2 aliphatic rings. The summed E-state index contributed by atoms with van der Waals surface area (Å²) >= 11 is 0. The average Bonchev–Trinajstić information content (AvgIpc) is 2.85. The minimum atomic E-state index is -0.677. The van der Waals surface area contributed by atoms with Crippen LogP contribution in [0.15, 0.2) is 12.7 Å². The van der Waals surface area contributed by atoms with Gasteiger partial charge >= 0.3 is 5.97 Å². The predicted octanol–water partition coefficient (Wildman–Crippen LogP) is 1.13. The van der Waals surface area contributed by atoms with Crippen LogP contribution in [-0.2, 0) is 9.59 Å². The Morgan fingerprint density at radius 2 is 2.00 bits per heavy atom. The van der Waals surface area contributed by atoms with Crippen molar-refractivity contribution >= 4 is 11.9 Å². The minimum Gasteiger partial charge on any atom is -0.481 e. The fourth-order valence-corrected chi connectivity index (χ4v) is 3.33. The maximum atomic E-state index is 11.5. The standard InChI is InChI=1S/C12H17NO3/c1-3-11(14)13(2)10-6-7-4-8(10)5-9(7)12(15)16/h3,7-10H,1,4-6H2,2H3,(H,15,16)/t7?,8-,9?,10?/m0/s1. The molecule has 0 aromatic heterocycles. The first-order chi connectivity index (χ1) is 7.54.